The molecule has 0 N–H and O–H groups in total. The van der Waals surface area contributed by atoms with E-state index in [0.717, 1.165) is 29.4 Å². The smallest absolute Gasteiger partial charge is 0.261 e. The van der Waals surface area contributed by atoms with Gasteiger partial charge in [-0.1, -0.05) is 29.4 Å². The third kappa shape index (κ3) is 3.67. The zero-order valence-electron chi connectivity index (χ0n) is 15.5. The van der Waals surface area contributed by atoms with Crippen LogP contribution in [-0.4, -0.2) is 41.1 Å². The first-order chi connectivity index (χ1) is 13.7. The molecular formula is C21H20BrN3O3. The summed E-state index contributed by atoms with van der Waals surface area (Å²) in [7, 11) is 1.61. The molecule has 0 spiro atoms. The Morgan fingerprint density at radius 3 is 2.82 bits per heavy atom. The van der Waals surface area contributed by atoms with Gasteiger partial charge in [-0.25, -0.2) is 0 Å². The van der Waals surface area contributed by atoms with Gasteiger partial charge in [0, 0.05) is 23.5 Å². The van der Waals surface area contributed by atoms with Gasteiger partial charge in [0.2, 0.25) is 0 Å². The summed E-state index contributed by atoms with van der Waals surface area (Å²) in [6.07, 6.45) is 1.82. The Kier molecular flexibility index (Phi) is 5.43. The Bertz CT molecular complexity index is 988. The molecule has 4 rings (SSSR count). The lowest BCUT2D eigenvalue weighted by atomic mass is 9.96. The number of para-hydroxylation sites is 1. The standard InChI is InChI=1S/C21H20BrN3O3/c1-27-18-11-5-3-9-16(18)20-23-19(24-28-20)14-7-6-12-25(13-14)21(26)15-8-2-4-10-17(15)22/h2-5,8-11,14H,6-7,12-13H2,1H3. The maximum atomic E-state index is 12.9. The lowest BCUT2D eigenvalue weighted by Gasteiger charge is -2.31. The first-order valence-corrected chi connectivity index (χ1v) is 9.97. The molecule has 3 aromatic rings. The number of hydrogen-bond acceptors (Lipinski definition) is 5. The average Bonchev–Trinajstić information content (AvgIpc) is 3.24. The number of halogens is 1. The van der Waals surface area contributed by atoms with Gasteiger partial charge in [0.15, 0.2) is 5.82 Å². The predicted octanol–water partition coefficient (Wildman–Crippen LogP) is 4.53. The van der Waals surface area contributed by atoms with Crippen molar-refractivity contribution in [1.29, 1.82) is 0 Å². The first-order valence-electron chi connectivity index (χ1n) is 9.18. The molecule has 7 heteroatoms. The number of aromatic nitrogens is 2. The van der Waals surface area contributed by atoms with Crippen LogP contribution in [0.3, 0.4) is 0 Å². The van der Waals surface area contributed by atoms with E-state index >= 15 is 0 Å². The zero-order valence-corrected chi connectivity index (χ0v) is 17.1. The van der Waals surface area contributed by atoms with Gasteiger partial charge in [-0.15, -0.1) is 0 Å². The largest absolute Gasteiger partial charge is 0.496 e. The van der Waals surface area contributed by atoms with Crippen molar-refractivity contribution < 1.29 is 14.1 Å². The van der Waals surface area contributed by atoms with Crippen LogP contribution in [0.15, 0.2) is 57.5 Å². The maximum absolute atomic E-state index is 12.9. The molecule has 28 heavy (non-hydrogen) atoms. The van der Waals surface area contributed by atoms with Gasteiger partial charge in [-0.2, -0.15) is 4.98 Å². The fourth-order valence-electron chi connectivity index (χ4n) is 3.51. The van der Waals surface area contributed by atoms with E-state index in [9.17, 15) is 4.79 Å². The summed E-state index contributed by atoms with van der Waals surface area (Å²) >= 11 is 3.47. The molecule has 1 aromatic heterocycles. The molecule has 0 radical (unpaired) electrons. The second-order valence-corrected chi connectivity index (χ2v) is 7.58. The van der Waals surface area contributed by atoms with Crippen molar-refractivity contribution in [2.24, 2.45) is 0 Å². The van der Waals surface area contributed by atoms with Crippen LogP contribution >= 0.6 is 15.9 Å². The van der Waals surface area contributed by atoms with Crippen molar-refractivity contribution in [1.82, 2.24) is 15.0 Å². The minimum atomic E-state index is 0.0191. The SMILES string of the molecule is COc1ccccc1-c1nc(C2CCCN(C(=O)c3ccccc3Br)C2)no1. The van der Waals surface area contributed by atoms with Crippen LogP contribution in [0.1, 0.15) is 34.9 Å². The zero-order chi connectivity index (χ0) is 19.5. The lowest BCUT2D eigenvalue weighted by molar-refractivity contribution is 0.0702. The van der Waals surface area contributed by atoms with Gasteiger partial charge < -0.3 is 14.2 Å². The summed E-state index contributed by atoms with van der Waals surface area (Å²) < 4.78 is 11.7. The second-order valence-electron chi connectivity index (χ2n) is 6.73. The van der Waals surface area contributed by atoms with Crippen LogP contribution in [0.2, 0.25) is 0 Å². The minimum absolute atomic E-state index is 0.0191. The van der Waals surface area contributed by atoms with E-state index < -0.39 is 0 Å². The molecule has 1 fully saturated rings. The van der Waals surface area contributed by atoms with Crippen LogP contribution in [0.4, 0.5) is 0 Å². The number of carbonyl (C=O) groups is 1. The molecule has 1 aliphatic rings. The Labute approximate surface area is 171 Å². The molecule has 1 atom stereocenters. The number of likely N-dealkylation sites (tertiary alicyclic amines) is 1. The van der Waals surface area contributed by atoms with E-state index in [1.54, 1.807) is 7.11 Å². The number of hydrogen-bond donors (Lipinski definition) is 0. The summed E-state index contributed by atoms with van der Waals surface area (Å²) in [6, 6.07) is 15.0. The van der Waals surface area contributed by atoms with Crippen molar-refractivity contribution in [3.8, 4) is 17.2 Å². The normalized spacial score (nSPS) is 16.8. The molecule has 1 amide bonds. The molecule has 0 aliphatic carbocycles. The molecule has 6 nitrogen and oxygen atoms in total. The van der Waals surface area contributed by atoms with Crippen LogP contribution in [0.5, 0.6) is 5.75 Å². The Balaban J connectivity index is 1.54. The monoisotopic (exact) mass is 441 g/mol. The van der Waals surface area contributed by atoms with Gasteiger partial charge >= 0.3 is 0 Å². The van der Waals surface area contributed by atoms with Crippen LogP contribution < -0.4 is 4.74 Å². The molecule has 0 saturated carbocycles. The highest BCUT2D eigenvalue weighted by atomic mass is 79.9. The number of piperidine rings is 1. The van der Waals surface area contributed by atoms with Crippen LogP contribution in [0, 0.1) is 0 Å². The van der Waals surface area contributed by atoms with E-state index in [0.29, 0.717) is 29.6 Å². The molecule has 1 unspecified atom stereocenters. The van der Waals surface area contributed by atoms with Crippen molar-refractivity contribution in [3.05, 3.63) is 64.4 Å². The second kappa shape index (κ2) is 8.14. The fraction of sp³-hybridized carbons (Fsp3) is 0.286. The van der Waals surface area contributed by atoms with Crippen molar-refractivity contribution in [2.75, 3.05) is 20.2 Å². The quantitative estimate of drug-likeness (QED) is 0.594. The summed E-state index contributed by atoms with van der Waals surface area (Å²) in [5.74, 6) is 1.82. The predicted molar refractivity (Wildman–Crippen MR) is 108 cm³/mol. The first kappa shape index (κ1) is 18.7. The summed E-state index contributed by atoms with van der Waals surface area (Å²) in [4.78, 5) is 19.4. The van der Waals surface area contributed by atoms with Gasteiger partial charge in [0.05, 0.1) is 18.2 Å². The highest BCUT2D eigenvalue weighted by molar-refractivity contribution is 9.10. The summed E-state index contributed by atoms with van der Waals surface area (Å²) in [5, 5.41) is 4.19. The Morgan fingerprint density at radius 2 is 2.00 bits per heavy atom. The number of methoxy groups -OCH3 is 1. The Morgan fingerprint density at radius 1 is 1.21 bits per heavy atom. The number of carbonyl (C=O) groups excluding carboxylic acids is 1. The molecule has 1 aliphatic heterocycles. The minimum Gasteiger partial charge on any atom is -0.496 e. The number of ether oxygens (including phenoxy) is 1. The fourth-order valence-corrected chi connectivity index (χ4v) is 3.96. The molecule has 2 heterocycles. The molecule has 144 valence electrons. The summed E-state index contributed by atoms with van der Waals surface area (Å²) in [6.45, 7) is 1.30. The van der Waals surface area contributed by atoms with Crippen molar-refractivity contribution in [3.63, 3.8) is 0 Å². The topological polar surface area (TPSA) is 68.5 Å². The number of amides is 1. The maximum Gasteiger partial charge on any atom is 0.261 e. The summed E-state index contributed by atoms with van der Waals surface area (Å²) in [5.41, 5.74) is 1.44. The van der Waals surface area contributed by atoms with Crippen molar-refractivity contribution in [2.45, 2.75) is 18.8 Å². The average molecular weight is 442 g/mol. The molecular weight excluding hydrogens is 422 g/mol. The molecule has 2 aromatic carbocycles. The molecule has 1 saturated heterocycles. The van der Waals surface area contributed by atoms with Crippen LogP contribution in [0.25, 0.3) is 11.5 Å². The van der Waals surface area contributed by atoms with Gasteiger partial charge in [0.25, 0.3) is 11.8 Å². The van der Waals surface area contributed by atoms with E-state index in [2.05, 4.69) is 26.1 Å². The van der Waals surface area contributed by atoms with Gasteiger partial charge in [-0.05, 0) is 53.0 Å². The third-order valence-electron chi connectivity index (χ3n) is 4.96. The number of rotatable bonds is 4. The van der Waals surface area contributed by atoms with E-state index in [1.165, 1.54) is 0 Å². The number of benzene rings is 2. The third-order valence-corrected chi connectivity index (χ3v) is 5.65. The van der Waals surface area contributed by atoms with Gasteiger partial charge in [-0.3, -0.25) is 4.79 Å². The van der Waals surface area contributed by atoms with Gasteiger partial charge in [0.1, 0.15) is 5.75 Å². The van der Waals surface area contributed by atoms with Crippen molar-refractivity contribution >= 4 is 21.8 Å². The van der Waals surface area contributed by atoms with E-state index in [-0.39, 0.29) is 11.8 Å². The highest BCUT2D eigenvalue weighted by Gasteiger charge is 2.29. The van der Waals surface area contributed by atoms with E-state index in [4.69, 9.17) is 9.26 Å². The highest BCUT2D eigenvalue weighted by Crippen LogP contribution is 2.32. The van der Waals surface area contributed by atoms with E-state index in [1.807, 2.05) is 53.4 Å². The van der Waals surface area contributed by atoms with Crippen LogP contribution in [-0.2, 0) is 0 Å². The molecule has 0 bridgehead atoms. The Hall–Kier alpha value is -2.67. The number of nitrogens with zero attached hydrogens (tertiary/aromatic N) is 3. The lowest BCUT2D eigenvalue weighted by Crippen LogP contribution is -2.39.